The molecule has 0 fully saturated rings. The molecule has 120 valence electrons. The third-order valence-corrected chi connectivity index (χ3v) is 3.18. The minimum absolute atomic E-state index is 0.132. The van der Waals surface area contributed by atoms with Crippen LogP contribution in [0.25, 0.3) is 0 Å². The molecule has 1 rings (SSSR count). The lowest BCUT2D eigenvalue weighted by Crippen LogP contribution is -2.22. The molecule has 1 amide bonds. The van der Waals surface area contributed by atoms with E-state index in [1.54, 1.807) is 13.0 Å². The van der Waals surface area contributed by atoms with Crippen LogP contribution in [-0.2, 0) is 14.3 Å². The van der Waals surface area contributed by atoms with Crippen molar-refractivity contribution < 1.29 is 19.2 Å². The van der Waals surface area contributed by atoms with E-state index < -0.39 is 18.1 Å². The van der Waals surface area contributed by atoms with Gasteiger partial charge in [-0.05, 0) is 25.0 Å². The SMILES string of the molecule is CC(/C=C\C(N)=O)OCC(=O)/C=C/C1=CCCC([N+](=O)[O-])C1. The average Bonchev–Trinajstić information content (AvgIpc) is 2.49. The van der Waals surface area contributed by atoms with Crippen molar-refractivity contribution in [2.45, 2.75) is 38.3 Å². The van der Waals surface area contributed by atoms with Crippen LogP contribution in [0.5, 0.6) is 0 Å². The topological polar surface area (TPSA) is 113 Å². The Labute approximate surface area is 128 Å². The van der Waals surface area contributed by atoms with E-state index >= 15 is 0 Å². The van der Waals surface area contributed by atoms with Gasteiger partial charge in [0.25, 0.3) is 0 Å². The van der Waals surface area contributed by atoms with Crippen LogP contribution in [0, 0.1) is 10.1 Å². The first-order valence-corrected chi connectivity index (χ1v) is 7.01. The summed E-state index contributed by atoms with van der Waals surface area (Å²) in [4.78, 5) is 32.7. The van der Waals surface area contributed by atoms with Crippen molar-refractivity contribution in [2.75, 3.05) is 6.61 Å². The molecule has 0 saturated heterocycles. The van der Waals surface area contributed by atoms with E-state index in [-0.39, 0.29) is 17.3 Å². The number of nitrogens with zero attached hydrogens (tertiary/aromatic N) is 1. The third-order valence-electron chi connectivity index (χ3n) is 3.18. The van der Waals surface area contributed by atoms with Gasteiger partial charge in [0.2, 0.25) is 11.9 Å². The van der Waals surface area contributed by atoms with Crippen molar-refractivity contribution in [1.82, 2.24) is 0 Å². The number of ketones is 1. The van der Waals surface area contributed by atoms with Gasteiger partial charge in [-0.2, -0.15) is 0 Å². The second-order valence-corrected chi connectivity index (χ2v) is 5.08. The highest BCUT2D eigenvalue weighted by Gasteiger charge is 2.23. The summed E-state index contributed by atoms with van der Waals surface area (Å²) in [6, 6.07) is -0.574. The molecule has 0 bridgehead atoms. The first kappa shape index (κ1) is 17.8. The van der Waals surface area contributed by atoms with Crippen molar-refractivity contribution in [3.63, 3.8) is 0 Å². The minimum Gasteiger partial charge on any atom is -0.366 e. The predicted octanol–water partition coefficient (Wildman–Crippen LogP) is 1.31. The number of hydrogen-bond donors (Lipinski definition) is 1. The van der Waals surface area contributed by atoms with E-state index in [0.29, 0.717) is 19.3 Å². The van der Waals surface area contributed by atoms with E-state index in [9.17, 15) is 19.7 Å². The molecule has 2 atom stereocenters. The lowest BCUT2D eigenvalue weighted by molar-refractivity contribution is -0.523. The number of amides is 1. The van der Waals surface area contributed by atoms with Crippen molar-refractivity contribution in [1.29, 1.82) is 0 Å². The molecule has 2 unspecified atom stereocenters. The molecule has 0 saturated carbocycles. The zero-order chi connectivity index (χ0) is 16.5. The van der Waals surface area contributed by atoms with Crippen LogP contribution in [-0.4, -0.2) is 35.4 Å². The second kappa shape index (κ2) is 8.89. The second-order valence-electron chi connectivity index (χ2n) is 5.08. The maximum Gasteiger partial charge on any atom is 0.241 e. The summed E-state index contributed by atoms with van der Waals surface area (Å²) in [5.74, 6) is -0.824. The van der Waals surface area contributed by atoms with Crippen molar-refractivity contribution in [3.05, 3.63) is 46.1 Å². The Hall–Kier alpha value is -2.28. The molecule has 7 heteroatoms. The highest BCUT2D eigenvalue weighted by atomic mass is 16.6. The van der Waals surface area contributed by atoms with Crippen LogP contribution in [0.3, 0.4) is 0 Å². The van der Waals surface area contributed by atoms with Crippen LogP contribution in [0.15, 0.2) is 36.0 Å². The molecule has 0 radical (unpaired) electrons. The molecule has 22 heavy (non-hydrogen) atoms. The van der Waals surface area contributed by atoms with Gasteiger partial charge in [-0.25, -0.2) is 0 Å². The smallest absolute Gasteiger partial charge is 0.241 e. The molecule has 0 aromatic rings. The lowest BCUT2D eigenvalue weighted by Gasteiger charge is -2.14. The van der Waals surface area contributed by atoms with Gasteiger partial charge in [0, 0.05) is 23.8 Å². The maximum absolute atomic E-state index is 11.7. The number of ether oxygens (including phenoxy) is 1. The normalized spacial score (nSPS) is 20.0. The van der Waals surface area contributed by atoms with Crippen molar-refractivity contribution in [3.8, 4) is 0 Å². The fourth-order valence-corrected chi connectivity index (χ4v) is 1.98. The van der Waals surface area contributed by atoms with Gasteiger partial charge in [0.05, 0.1) is 6.10 Å². The summed E-state index contributed by atoms with van der Waals surface area (Å²) in [5, 5.41) is 10.8. The maximum atomic E-state index is 11.7. The Kier molecular flexibility index (Phi) is 7.18. The van der Waals surface area contributed by atoms with Gasteiger partial charge < -0.3 is 10.5 Å². The molecular formula is C15H20N2O5. The van der Waals surface area contributed by atoms with Crippen LogP contribution in [0.4, 0.5) is 0 Å². The zero-order valence-corrected chi connectivity index (χ0v) is 12.4. The molecule has 0 aliphatic heterocycles. The summed E-state index contributed by atoms with van der Waals surface area (Å²) in [5.41, 5.74) is 5.74. The Balaban J connectivity index is 2.40. The summed E-state index contributed by atoms with van der Waals surface area (Å²) in [6.07, 6.45) is 8.62. The third kappa shape index (κ3) is 6.94. The number of carbonyl (C=O) groups excluding carboxylic acids is 2. The van der Waals surface area contributed by atoms with Gasteiger partial charge in [-0.15, -0.1) is 0 Å². The number of rotatable bonds is 8. The molecule has 1 aliphatic carbocycles. The first-order chi connectivity index (χ1) is 10.4. The quantitative estimate of drug-likeness (QED) is 0.413. The Morgan fingerprint density at radius 2 is 2.27 bits per heavy atom. The van der Waals surface area contributed by atoms with Crippen LogP contribution < -0.4 is 5.73 Å². The molecule has 1 aliphatic rings. The highest BCUT2D eigenvalue weighted by molar-refractivity contribution is 5.91. The van der Waals surface area contributed by atoms with Crippen molar-refractivity contribution in [2.24, 2.45) is 5.73 Å². The van der Waals surface area contributed by atoms with E-state index in [1.807, 2.05) is 6.08 Å². The van der Waals surface area contributed by atoms with Gasteiger partial charge in [0.15, 0.2) is 5.78 Å². The molecule has 0 heterocycles. The largest absolute Gasteiger partial charge is 0.366 e. The average molecular weight is 308 g/mol. The summed E-state index contributed by atoms with van der Waals surface area (Å²) in [7, 11) is 0. The number of allylic oxidation sites excluding steroid dienone is 2. The number of hydrogen-bond acceptors (Lipinski definition) is 5. The first-order valence-electron chi connectivity index (χ1n) is 7.01. The van der Waals surface area contributed by atoms with E-state index in [0.717, 1.165) is 5.57 Å². The monoisotopic (exact) mass is 308 g/mol. The predicted molar refractivity (Wildman–Crippen MR) is 80.6 cm³/mol. The number of nitrogens with two attached hydrogens (primary N) is 1. The molecule has 2 N–H and O–H groups in total. The van der Waals surface area contributed by atoms with Crippen LogP contribution >= 0.6 is 0 Å². The van der Waals surface area contributed by atoms with Gasteiger partial charge >= 0.3 is 0 Å². The summed E-state index contributed by atoms with van der Waals surface area (Å²) < 4.78 is 5.23. The fourth-order valence-electron chi connectivity index (χ4n) is 1.98. The van der Waals surface area contributed by atoms with E-state index in [1.165, 1.54) is 18.2 Å². The number of nitro groups is 1. The standard InChI is InChI=1S/C15H20N2O5/c1-11(5-8-15(16)19)22-10-14(18)7-6-12-3-2-4-13(9-12)17(20)21/h3,5-8,11,13H,2,4,9-10H2,1H3,(H2,16,19)/b7-6+,8-5-. The van der Waals surface area contributed by atoms with Crippen molar-refractivity contribution >= 4 is 11.7 Å². The summed E-state index contributed by atoms with van der Waals surface area (Å²) >= 11 is 0. The van der Waals surface area contributed by atoms with Gasteiger partial charge in [-0.3, -0.25) is 19.7 Å². The Morgan fingerprint density at radius 1 is 1.55 bits per heavy atom. The van der Waals surface area contributed by atoms with Crippen LogP contribution in [0.1, 0.15) is 26.2 Å². The summed E-state index contributed by atoms with van der Waals surface area (Å²) in [6.45, 7) is 1.55. The Morgan fingerprint density at radius 3 is 2.91 bits per heavy atom. The lowest BCUT2D eigenvalue weighted by atomic mass is 9.95. The zero-order valence-electron chi connectivity index (χ0n) is 12.4. The molecule has 0 aromatic heterocycles. The van der Waals surface area contributed by atoms with E-state index in [4.69, 9.17) is 10.5 Å². The van der Waals surface area contributed by atoms with Gasteiger partial charge in [0.1, 0.15) is 6.61 Å². The molecular weight excluding hydrogens is 288 g/mol. The Bertz CT molecular complexity index is 522. The minimum atomic E-state index is -0.578. The van der Waals surface area contributed by atoms with Gasteiger partial charge in [-0.1, -0.05) is 18.2 Å². The molecule has 0 spiro atoms. The fraction of sp³-hybridized carbons (Fsp3) is 0.467. The number of carbonyl (C=O) groups is 2. The molecule has 7 nitrogen and oxygen atoms in total. The highest BCUT2D eigenvalue weighted by Crippen LogP contribution is 2.21. The number of primary amides is 1. The molecule has 0 aromatic carbocycles. The van der Waals surface area contributed by atoms with E-state index in [2.05, 4.69) is 0 Å². The van der Waals surface area contributed by atoms with Crippen LogP contribution in [0.2, 0.25) is 0 Å².